The Labute approximate surface area is 209 Å². The highest BCUT2D eigenvalue weighted by atomic mass is 19.4. The van der Waals surface area contributed by atoms with Gasteiger partial charge in [-0.05, 0) is 51.1 Å². The van der Waals surface area contributed by atoms with E-state index in [1.807, 2.05) is 39.0 Å². The lowest BCUT2D eigenvalue weighted by Gasteiger charge is -2.41. The number of aromatic nitrogens is 6. The van der Waals surface area contributed by atoms with E-state index in [1.165, 1.54) is 12.4 Å². The lowest BCUT2D eigenvalue weighted by Crippen LogP contribution is -2.49. The van der Waals surface area contributed by atoms with Crippen LogP contribution in [0.1, 0.15) is 41.3 Å². The smallest absolute Gasteiger partial charge is 0.339 e. The molecule has 188 valence electrons. The fourth-order valence-electron chi connectivity index (χ4n) is 5.31. The topological polar surface area (TPSA) is 92.6 Å². The molecule has 1 aliphatic rings. The number of pyridine rings is 2. The molecule has 8 nitrogen and oxygen atoms in total. The Hall–Kier alpha value is -4.28. The van der Waals surface area contributed by atoms with E-state index in [1.54, 1.807) is 11.1 Å². The van der Waals surface area contributed by atoms with Gasteiger partial charge in [-0.1, -0.05) is 0 Å². The quantitative estimate of drug-likeness (QED) is 0.361. The second-order valence-corrected chi connectivity index (χ2v) is 9.84. The first-order valence-corrected chi connectivity index (χ1v) is 11.7. The highest BCUT2D eigenvalue weighted by Gasteiger charge is 2.39. The Bertz CT molecular complexity index is 1670. The summed E-state index contributed by atoms with van der Waals surface area (Å²) in [6.45, 7) is 6.34. The number of amides is 1. The zero-order chi connectivity index (χ0) is 26.1. The molecule has 0 unspecified atom stereocenters. The van der Waals surface area contributed by atoms with Crippen LogP contribution in [0.5, 0.6) is 0 Å². The molecule has 0 aromatic carbocycles. The largest absolute Gasteiger partial charge is 0.433 e. The first kappa shape index (κ1) is 23.1. The van der Waals surface area contributed by atoms with Crippen LogP contribution in [-0.2, 0) is 18.3 Å². The van der Waals surface area contributed by atoms with Crippen LogP contribution in [0.4, 0.5) is 13.2 Å². The highest BCUT2D eigenvalue weighted by Crippen LogP contribution is 2.42. The normalized spacial score (nSPS) is 15.4. The van der Waals surface area contributed by atoms with Crippen molar-refractivity contribution < 1.29 is 18.0 Å². The van der Waals surface area contributed by atoms with Crippen molar-refractivity contribution >= 4 is 28.0 Å². The Kier molecular flexibility index (Phi) is 4.91. The molecule has 1 amide bonds. The molecule has 0 spiro atoms. The molecule has 1 aliphatic heterocycles. The standard InChI is InChI=1S/C26H22F3N7O/c1-14-20-21(17-9-15-5-4-7-31-22(15)34-17)18-11-35(12-25(2,3)36(18)23(20)33-13-32-14)24(37)16-6-8-30-19(10-16)26(27,28)29/h4-10,13H,11-12H2,1-3H3,(H,31,34). The van der Waals surface area contributed by atoms with Gasteiger partial charge in [0.25, 0.3) is 5.91 Å². The van der Waals surface area contributed by atoms with E-state index in [-0.39, 0.29) is 18.7 Å². The van der Waals surface area contributed by atoms with Gasteiger partial charge in [0.2, 0.25) is 0 Å². The average Bonchev–Trinajstić information content (AvgIpc) is 3.42. The summed E-state index contributed by atoms with van der Waals surface area (Å²) >= 11 is 0. The van der Waals surface area contributed by atoms with E-state index in [0.717, 1.165) is 57.0 Å². The summed E-state index contributed by atoms with van der Waals surface area (Å²) in [7, 11) is 0. The first-order valence-electron chi connectivity index (χ1n) is 11.7. The molecule has 0 bridgehead atoms. The molecule has 6 rings (SSSR count). The minimum atomic E-state index is -4.64. The van der Waals surface area contributed by atoms with Crippen LogP contribution >= 0.6 is 0 Å². The monoisotopic (exact) mass is 505 g/mol. The van der Waals surface area contributed by atoms with Gasteiger partial charge < -0.3 is 14.5 Å². The van der Waals surface area contributed by atoms with Crippen LogP contribution in [0.25, 0.3) is 33.3 Å². The fourth-order valence-corrected chi connectivity index (χ4v) is 5.31. The number of aryl methyl sites for hydroxylation is 1. The third-order valence-corrected chi connectivity index (χ3v) is 6.81. The van der Waals surface area contributed by atoms with Crippen LogP contribution in [0.15, 0.2) is 49.1 Å². The zero-order valence-electron chi connectivity index (χ0n) is 20.3. The second-order valence-electron chi connectivity index (χ2n) is 9.84. The summed E-state index contributed by atoms with van der Waals surface area (Å²) in [5.74, 6) is -0.496. The van der Waals surface area contributed by atoms with Crippen LogP contribution in [-0.4, -0.2) is 46.8 Å². The fraction of sp³-hybridized carbons (Fsp3) is 0.269. The van der Waals surface area contributed by atoms with E-state index in [9.17, 15) is 18.0 Å². The molecule has 11 heteroatoms. The van der Waals surface area contributed by atoms with E-state index in [0.29, 0.717) is 0 Å². The molecule has 0 fully saturated rings. The number of alkyl halides is 3. The highest BCUT2D eigenvalue weighted by molar-refractivity contribution is 6.00. The maximum absolute atomic E-state index is 13.5. The van der Waals surface area contributed by atoms with E-state index in [2.05, 4.69) is 29.5 Å². The first-order chi connectivity index (χ1) is 17.5. The number of nitrogens with zero attached hydrogens (tertiary/aromatic N) is 6. The predicted octanol–water partition coefficient (Wildman–Crippen LogP) is 5.09. The molecule has 0 saturated carbocycles. The molecule has 0 atom stereocenters. The number of carbonyl (C=O) groups excluding carboxylic acids is 1. The average molecular weight is 506 g/mol. The van der Waals surface area contributed by atoms with Crippen molar-refractivity contribution in [3.8, 4) is 11.3 Å². The molecular formula is C26H22F3N7O. The van der Waals surface area contributed by atoms with Gasteiger partial charge in [0.1, 0.15) is 23.3 Å². The molecule has 6 heterocycles. The molecular weight excluding hydrogens is 483 g/mol. The number of hydrogen-bond donors (Lipinski definition) is 1. The number of hydrogen-bond acceptors (Lipinski definition) is 5. The third kappa shape index (κ3) is 3.64. The number of rotatable bonds is 2. The SMILES string of the molecule is Cc1ncnc2c1c(-c1cc3cccnc3[nH]1)c1n2C(C)(C)CN(C(=O)c2ccnc(C(F)(F)F)c2)C1. The molecule has 0 radical (unpaired) electrons. The maximum atomic E-state index is 13.5. The van der Waals surface area contributed by atoms with Crippen LogP contribution in [0.2, 0.25) is 0 Å². The number of aromatic amines is 1. The number of nitrogens with one attached hydrogen (secondary N) is 1. The van der Waals surface area contributed by atoms with Crippen molar-refractivity contribution in [1.82, 2.24) is 34.4 Å². The van der Waals surface area contributed by atoms with Crippen molar-refractivity contribution in [2.75, 3.05) is 6.54 Å². The van der Waals surface area contributed by atoms with Gasteiger partial charge in [-0.2, -0.15) is 13.2 Å². The number of carbonyl (C=O) groups is 1. The summed E-state index contributed by atoms with van der Waals surface area (Å²) in [5, 5.41) is 1.79. The molecule has 5 aromatic rings. The molecule has 0 aliphatic carbocycles. The summed E-state index contributed by atoms with van der Waals surface area (Å²) in [6, 6.07) is 7.93. The summed E-state index contributed by atoms with van der Waals surface area (Å²) in [5.41, 5.74) is 2.96. The zero-order valence-corrected chi connectivity index (χ0v) is 20.3. The van der Waals surface area contributed by atoms with Crippen LogP contribution in [0, 0.1) is 6.92 Å². The molecule has 1 N–H and O–H groups in total. The summed E-state index contributed by atoms with van der Waals surface area (Å²) < 4.78 is 41.9. The molecule has 5 aromatic heterocycles. The Morgan fingerprint density at radius 1 is 1.08 bits per heavy atom. The van der Waals surface area contributed by atoms with Crippen LogP contribution in [0.3, 0.4) is 0 Å². The van der Waals surface area contributed by atoms with E-state index < -0.39 is 23.3 Å². The van der Waals surface area contributed by atoms with Gasteiger partial charge in [0.15, 0.2) is 0 Å². The van der Waals surface area contributed by atoms with Gasteiger partial charge in [0, 0.05) is 46.5 Å². The minimum absolute atomic E-state index is 0.0602. The van der Waals surface area contributed by atoms with Gasteiger partial charge in [0.05, 0.1) is 23.5 Å². The van der Waals surface area contributed by atoms with Crippen molar-refractivity contribution in [2.45, 2.75) is 39.0 Å². The van der Waals surface area contributed by atoms with Crippen molar-refractivity contribution in [1.29, 1.82) is 0 Å². The van der Waals surface area contributed by atoms with E-state index >= 15 is 0 Å². The van der Waals surface area contributed by atoms with Crippen molar-refractivity contribution in [3.05, 3.63) is 71.7 Å². The van der Waals surface area contributed by atoms with Gasteiger partial charge >= 0.3 is 6.18 Å². The molecule has 37 heavy (non-hydrogen) atoms. The predicted molar refractivity (Wildman–Crippen MR) is 131 cm³/mol. The Morgan fingerprint density at radius 3 is 2.65 bits per heavy atom. The summed E-state index contributed by atoms with van der Waals surface area (Å²) in [6.07, 6.45) is -0.399. The van der Waals surface area contributed by atoms with Crippen molar-refractivity contribution in [2.24, 2.45) is 0 Å². The lowest BCUT2D eigenvalue weighted by atomic mass is 9.98. The maximum Gasteiger partial charge on any atom is 0.433 e. The summed E-state index contributed by atoms with van der Waals surface area (Å²) in [4.78, 5) is 35.3. The number of fused-ring (bicyclic) bond motifs is 4. The van der Waals surface area contributed by atoms with Gasteiger partial charge in [-0.25, -0.2) is 15.0 Å². The molecule has 0 saturated heterocycles. The number of H-pyrrole nitrogens is 1. The Morgan fingerprint density at radius 2 is 1.89 bits per heavy atom. The second kappa shape index (κ2) is 7.86. The minimum Gasteiger partial charge on any atom is -0.339 e. The van der Waals surface area contributed by atoms with Gasteiger partial charge in [-0.3, -0.25) is 9.78 Å². The lowest BCUT2D eigenvalue weighted by molar-refractivity contribution is -0.141. The van der Waals surface area contributed by atoms with Gasteiger partial charge in [-0.15, -0.1) is 0 Å². The Balaban J connectivity index is 1.53. The number of halogens is 3. The van der Waals surface area contributed by atoms with Crippen molar-refractivity contribution in [3.63, 3.8) is 0 Å². The third-order valence-electron chi connectivity index (χ3n) is 6.81. The van der Waals surface area contributed by atoms with Crippen LogP contribution < -0.4 is 0 Å². The van der Waals surface area contributed by atoms with E-state index in [4.69, 9.17) is 0 Å².